The molecule has 0 saturated carbocycles. The van der Waals surface area contributed by atoms with Crippen LogP contribution < -0.4 is 4.74 Å². The normalized spacial score (nSPS) is 12.0. The van der Waals surface area contributed by atoms with Crippen LogP contribution >= 0.6 is 0 Å². The number of benzene rings is 3. The van der Waals surface area contributed by atoms with Crippen LogP contribution in [0.4, 0.5) is 0 Å². The second-order valence-electron chi connectivity index (χ2n) is 9.22. The number of likely N-dealkylation sites (N-methyl/N-ethyl adjacent to an activating group) is 1. The first-order valence-corrected chi connectivity index (χ1v) is 11.8. The molecule has 0 aliphatic carbocycles. The van der Waals surface area contributed by atoms with E-state index in [0.29, 0.717) is 12.5 Å². The molecule has 5 nitrogen and oxygen atoms in total. The Morgan fingerprint density at radius 3 is 1.97 bits per heavy atom. The van der Waals surface area contributed by atoms with Crippen molar-refractivity contribution in [2.45, 2.75) is 18.4 Å². The van der Waals surface area contributed by atoms with Crippen LogP contribution in [0, 0.1) is 0 Å². The van der Waals surface area contributed by atoms with Gasteiger partial charge in [-0.2, -0.15) is 0 Å². The molecule has 0 aliphatic rings. The number of ether oxygens (including phenoxy) is 1. The average molecular weight is 458 g/mol. The summed E-state index contributed by atoms with van der Waals surface area (Å²) in [7, 11) is 4.42. The SMILES string of the molecule is C[N+](C)(CCCOc1ccccc1)CCc1cnc(C(O)(c2ccccc2)c2ccccc2)o1. The molecule has 0 fully saturated rings. The number of aromatic nitrogens is 1. The first-order chi connectivity index (χ1) is 16.5. The van der Waals surface area contributed by atoms with Crippen LogP contribution in [-0.4, -0.2) is 48.4 Å². The molecule has 4 rings (SSSR count). The fraction of sp³-hybridized carbons (Fsp3) is 0.276. The van der Waals surface area contributed by atoms with Gasteiger partial charge in [-0.25, -0.2) is 4.98 Å². The molecule has 0 radical (unpaired) electrons. The Bertz CT molecular complexity index is 1100. The van der Waals surface area contributed by atoms with Gasteiger partial charge in [-0.05, 0) is 23.3 Å². The molecule has 0 saturated heterocycles. The predicted octanol–water partition coefficient (Wildman–Crippen LogP) is 5.05. The molecule has 4 aromatic rings. The Morgan fingerprint density at radius 1 is 0.824 bits per heavy atom. The highest BCUT2D eigenvalue weighted by Gasteiger charge is 2.38. The number of hydrogen-bond donors (Lipinski definition) is 1. The van der Waals surface area contributed by atoms with Gasteiger partial charge in [0.15, 0.2) is 5.60 Å². The lowest BCUT2D eigenvalue weighted by molar-refractivity contribution is -0.890. The lowest BCUT2D eigenvalue weighted by Crippen LogP contribution is -2.42. The topological polar surface area (TPSA) is 55.5 Å². The highest BCUT2D eigenvalue weighted by Crippen LogP contribution is 2.36. The molecular weight excluding hydrogens is 424 g/mol. The number of rotatable bonds is 11. The van der Waals surface area contributed by atoms with Crippen molar-refractivity contribution in [2.24, 2.45) is 0 Å². The third kappa shape index (κ3) is 5.74. The molecule has 3 aromatic carbocycles. The van der Waals surface area contributed by atoms with Crippen molar-refractivity contribution in [1.82, 2.24) is 4.98 Å². The molecule has 0 bridgehead atoms. The van der Waals surface area contributed by atoms with Crippen LogP contribution in [0.5, 0.6) is 5.75 Å². The molecule has 34 heavy (non-hydrogen) atoms. The summed E-state index contributed by atoms with van der Waals surface area (Å²) in [5, 5.41) is 11.8. The molecule has 0 amide bonds. The summed E-state index contributed by atoms with van der Waals surface area (Å²) in [4.78, 5) is 4.51. The number of quaternary nitrogens is 1. The fourth-order valence-electron chi connectivity index (χ4n) is 4.09. The van der Waals surface area contributed by atoms with Gasteiger partial charge in [-0.3, -0.25) is 0 Å². The van der Waals surface area contributed by atoms with Gasteiger partial charge in [-0.15, -0.1) is 0 Å². The molecule has 1 aromatic heterocycles. The highest BCUT2D eigenvalue weighted by atomic mass is 16.5. The minimum absolute atomic E-state index is 0.293. The summed E-state index contributed by atoms with van der Waals surface area (Å²) >= 11 is 0. The standard InChI is InChI=1S/C29H33N2O3/c1-31(2,20-12-22-33-26-17-10-5-11-18-26)21-19-27-23-30-28(34-27)29(32,24-13-6-3-7-14-24)25-15-8-4-9-16-25/h3-11,13-18,23,32H,12,19-22H2,1-2H3/q+1. The third-order valence-corrected chi connectivity index (χ3v) is 6.13. The van der Waals surface area contributed by atoms with Crippen LogP contribution in [0.25, 0.3) is 0 Å². The van der Waals surface area contributed by atoms with Crippen LogP contribution in [0.1, 0.15) is 29.2 Å². The zero-order valence-corrected chi connectivity index (χ0v) is 19.9. The minimum atomic E-state index is -1.44. The van der Waals surface area contributed by atoms with Gasteiger partial charge in [0.1, 0.15) is 11.5 Å². The molecule has 0 atom stereocenters. The summed E-state index contributed by atoms with van der Waals surface area (Å²) in [6.07, 6.45) is 3.44. The lowest BCUT2D eigenvalue weighted by Gasteiger charge is -2.29. The highest BCUT2D eigenvalue weighted by molar-refractivity contribution is 5.41. The number of hydrogen-bond acceptors (Lipinski definition) is 4. The molecular formula is C29H33N2O3+. The van der Waals surface area contributed by atoms with Crippen molar-refractivity contribution in [3.63, 3.8) is 0 Å². The molecule has 0 unspecified atom stereocenters. The quantitative estimate of drug-likeness (QED) is 0.253. The first kappa shape index (κ1) is 23.7. The summed E-state index contributed by atoms with van der Waals surface area (Å²) in [6.45, 7) is 2.58. The Morgan fingerprint density at radius 2 is 1.38 bits per heavy atom. The van der Waals surface area contributed by atoms with Crippen molar-refractivity contribution >= 4 is 0 Å². The average Bonchev–Trinajstić information content (AvgIpc) is 3.37. The Labute approximate surface area is 201 Å². The van der Waals surface area contributed by atoms with Gasteiger partial charge in [0, 0.05) is 6.42 Å². The Balaban J connectivity index is 1.39. The number of nitrogens with zero attached hydrogens (tertiary/aromatic N) is 2. The van der Waals surface area contributed by atoms with E-state index in [2.05, 4.69) is 19.1 Å². The van der Waals surface area contributed by atoms with Gasteiger partial charge < -0.3 is 18.7 Å². The van der Waals surface area contributed by atoms with Crippen LogP contribution in [-0.2, 0) is 12.0 Å². The number of oxazole rings is 1. The third-order valence-electron chi connectivity index (χ3n) is 6.13. The van der Waals surface area contributed by atoms with Crippen LogP contribution in [0.2, 0.25) is 0 Å². The zero-order valence-electron chi connectivity index (χ0n) is 19.9. The van der Waals surface area contributed by atoms with E-state index < -0.39 is 5.60 Å². The Kier molecular flexibility index (Phi) is 7.46. The van der Waals surface area contributed by atoms with Gasteiger partial charge in [0.2, 0.25) is 5.89 Å². The molecule has 0 aliphatic heterocycles. The van der Waals surface area contributed by atoms with Crippen molar-refractivity contribution < 1.29 is 18.7 Å². The van der Waals surface area contributed by atoms with Crippen molar-refractivity contribution in [3.8, 4) is 5.75 Å². The Hall–Kier alpha value is -3.41. The van der Waals surface area contributed by atoms with Gasteiger partial charge in [0.05, 0.1) is 46.4 Å². The smallest absolute Gasteiger partial charge is 0.235 e. The van der Waals surface area contributed by atoms with E-state index in [4.69, 9.17) is 9.15 Å². The van der Waals surface area contributed by atoms with Crippen molar-refractivity contribution in [2.75, 3.05) is 33.8 Å². The van der Waals surface area contributed by atoms with Gasteiger partial charge in [-0.1, -0.05) is 78.9 Å². The molecule has 1 heterocycles. The van der Waals surface area contributed by atoms with Crippen LogP contribution in [0.15, 0.2) is 102 Å². The van der Waals surface area contributed by atoms with E-state index in [0.717, 1.165) is 53.1 Å². The maximum atomic E-state index is 11.8. The zero-order chi connectivity index (χ0) is 23.9. The maximum Gasteiger partial charge on any atom is 0.235 e. The largest absolute Gasteiger partial charge is 0.493 e. The van der Waals surface area contributed by atoms with Gasteiger partial charge >= 0.3 is 0 Å². The van der Waals surface area contributed by atoms with E-state index in [1.165, 1.54) is 0 Å². The van der Waals surface area contributed by atoms with E-state index >= 15 is 0 Å². The molecule has 5 heteroatoms. The first-order valence-electron chi connectivity index (χ1n) is 11.8. The monoisotopic (exact) mass is 457 g/mol. The van der Waals surface area contributed by atoms with E-state index in [9.17, 15) is 5.11 Å². The second kappa shape index (κ2) is 10.7. The minimum Gasteiger partial charge on any atom is -0.493 e. The summed E-state index contributed by atoms with van der Waals surface area (Å²) in [5.74, 6) is 1.97. The summed E-state index contributed by atoms with van der Waals surface area (Å²) in [5.41, 5.74) is 0.00757. The molecule has 1 N–H and O–H groups in total. The predicted molar refractivity (Wildman–Crippen MR) is 134 cm³/mol. The van der Waals surface area contributed by atoms with Crippen molar-refractivity contribution in [3.05, 3.63) is 120 Å². The maximum absolute atomic E-state index is 11.8. The van der Waals surface area contributed by atoms with E-state index in [1.54, 1.807) is 6.20 Å². The second-order valence-corrected chi connectivity index (χ2v) is 9.22. The van der Waals surface area contributed by atoms with E-state index in [-0.39, 0.29) is 0 Å². The molecule has 0 spiro atoms. The van der Waals surface area contributed by atoms with Crippen LogP contribution in [0.3, 0.4) is 0 Å². The van der Waals surface area contributed by atoms with Crippen molar-refractivity contribution in [1.29, 1.82) is 0 Å². The summed E-state index contributed by atoms with van der Waals surface area (Å²) in [6, 6.07) is 29.0. The number of para-hydroxylation sites is 1. The van der Waals surface area contributed by atoms with E-state index in [1.807, 2.05) is 91.0 Å². The lowest BCUT2D eigenvalue weighted by atomic mass is 9.86. The molecule has 176 valence electrons. The van der Waals surface area contributed by atoms with Gasteiger partial charge in [0.25, 0.3) is 0 Å². The number of aliphatic hydroxyl groups is 1. The summed E-state index contributed by atoms with van der Waals surface area (Å²) < 4.78 is 12.8. The fourth-order valence-corrected chi connectivity index (χ4v) is 4.09.